The van der Waals surface area contributed by atoms with Crippen molar-refractivity contribution in [2.24, 2.45) is 11.7 Å². The highest BCUT2D eigenvalue weighted by Crippen LogP contribution is 2.37. The van der Waals surface area contributed by atoms with Gasteiger partial charge in [0.25, 0.3) is 7.48 Å². The van der Waals surface area contributed by atoms with E-state index in [0.717, 1.165) is 32.0 Å². The van der Waals surface area contributed by atoms with E-state index in [4.69, 9.17) is 10.4 Å². The Morgan fingerprint density at radius 1 is 1.48 bits per heavy atom. The van der Waals surface area contributed by atoms with Crippen molar-refractivity contribution < 1.29 is 14.6 Å². The van der Waals surface area contributed by atoms with Crippen LogP contribution < -0.4 is 5.73 Å². The predicted octanol–water partition coefficient (Wildman–Crippen LogP) is 2.89. The van der Waals surface area contributed by atoms with E-state index in [9.17, 15) is 9.90 Å². The molecular weight excluding hydrogens is 285 g/mol. The molecular formula is C15H29BNO3S. The van der Waals surface area contributed by atoms with Crippen LogP contribution in [0.2, 0.25) is 6.32 Å². The lowest BCUT2D eigenvalue weighted by Gasteiger charge is -2.38. The summed E-state index contributed by atoms with van der Waals surface area (Å²) in [6, 6.07) is 0. The summed E-state index contributed by atoms with van der Waals surface area (Å²) >= 11 is 4.55. The Hall–Kier alpha value is -0.195. The zero-order chi connectivity index (χ0) is 16.3. The molecule has 1 aliphatic carbocycles. The maximum Gasteiger partial charge on any atom is 0.323 e. The largest absolute Gasteiger partial charge is 0.480 e. The van der Waals surface area contributed by atoms with E-state index in [1.54, 1.807) is 0 Å². The van der Waals surface area contributed by atoms with Gasteiger partial charge in [0.05, 0.1) is 5.60 Å². The zero-order valence-electron chi connectivity index (χ0n) is 13.7. The highest BCUT2D eigenvalue weighted by molar-refractivity contribution is 7.81. The summed E-state index contributed by atoms with van der Waals surface area (Å²) in [6.07, 6.45) is 4.97. The standard InChI is InChI=1S/C15H29BNO3S/c1-13(2,14(3,4)21)20-16-10-6-8-11-7-5-9-15(11,17)12(18)19/h11,21H,5-10,17H2,1-4H3,(H,18,19). The number of hydrogen-bond acceptors (Lipinski definition) is 4. The van der Waals surface area contributed by atoms with Crippen LogP contribution in [0.4, 0.5) is 0 Å². The number of rotatable bonds is 8. The molecule has 0 saturated heterocycles. The van der Waals surface area contributed by atoms with Gasteiger partial charge in [0, 0.05) is 4.75 Å². The van der Waals surface area contributed by atoms with Crippen molar-refractivity contribution in [1.82, 2.24) is 0 Å². The van der Waals surface area contributed by atoms with Gasteiger partial charge >= 0.3 is 5.97 Å². The molecule has 0 heterocycles. The minimum Gasteiger partial charge on any atom is -0.480 e. The highest BCUT2D eigenvalue weighted by Gasteiger charge is 2.45. The Bertz CT molecular complexity index is 370. The third-order valence-electron chi connectivity index (χ3n) is 5.00. The number of hydrogen-bond donors (Lipinski definition) is 3. The molecule has 121 valence electrons. The normalized spacial score (nSPS) is 26.9. The molecule has 6 heteroatoms. The van der Waals surface area contributed by atoms with Crippen LogP contribution in [0.25, 0.3) is 0 Å². The van der Waals surface area contributed by atoms with E-state index in [2.05, 4.69) is 12.6 Å². The van der Waals surface area contributed by atoms with Crippen molar-refractivity contribution >= 4 is 26.1 Å². The van der Waals surface area contributed by atoms with Gasteiger partial charge in [-0.3, -0.25) is 4.79 Å². The number of thiol groups is 1. The summed E-state index contributed by atoms with van der Waals surface area (Å²) in [5.41, 5.74) is 4.67. The first-order chi connectivity index (χ1) is 9.51. The monoisotopic (exact) mass is 314 g/mol. The molecule has 1 rings (SSSR count). The molecule has 3 N–H and O–H groups in total. The van der Waals surface area contributed by atoms with Crippen LogP contribution in [0.3, 0.4) is 0 Å². The molecule has 1 fully saturated rings. The van der Waals surface area contributed by atoms with Crippen molar-refractivity contribution in [2.45, 2.75) is 82.0 Å². The van der Waals surface area contributed by atoms with Crippen LogP contribution >= 0.6 is 12.6 Å². The lowest BCUT2D eigenvalue weighted by Crippen LogP contribution is -2.50. The molecule has 0 aromatic carbocycles. The quantitative estimate of drug-likeness (QED) is 0.366. The summed E-state index contributed by atoms with van der Waals surface area (Å²) in [4.78, 5) is 11.3. The first-order valence-corrected chi connectivity index (χ1v) is 8.19. The molecule has 21 heavy (non-hydrogen) atoms. The van der Waals surface area contributed by atoms with Gasteiger partial charge in [-0.2, -0.15) is 12.6 Å². The van der Waals surface area contributed by atoms with Gasteiger partial charge in [0.15, 0.2) is 0 Å². The summed E-state index contributed by atoms with van der Waals surface area (Å²) in [5, 5.41) is 9.28. The Balaban J connectivity index is 2.31. The minimum absolute atomic E-state index is 0.0812. The molecule has 0 bridgehead atoms. The summed E-state index contributed by atoms with van der Waals surface area (Å²) < 4.78 is 5.58. The van der Waals surface area contributed by atoms with E-state index in [0.29, 0.717) is 6.42 Å². The number of aliphatic carboxylic acids is 1. The Kier molecular flexibility index (Phi) is 6.22. The van der Waals surface area contributed by atoms with Crippen LogP contribution in [-0.4, -0.2) is 34.4 Å². The summed E-state index contributed by atoms with van der Waals surface area (Å²) in [6.45, 7) is 8.09. The fourth-order valence-corrected chi connectivity index (χ4v) is 2.70. The molecule has 0 amide bonds. The first kappa shape index (κ1) is 18.9. The average Bonchev–Trinajstić information content (AvgIpc) is 2.70. The van der Waals surface area contributed by atoms with Gasteiger partial charge in [-0.1, -0.05) is 19.2 Å². The summed E-state index contributed by atoms with van der Waals surface area (Å²) in [5.74, 6) is -0.777. The molecule has 0 aromatic heterocycles. The van der Waals surface area contributed by atoms with Crippen LogP contribution in [0.1, 0.15) is 59.8 Å². The van der Waals surface area contributed by atoms with Crippen LogP contribution in [-0.2, 0) is 9.45 Å². The smallest absolute Gasteiger partial charge is 0.323 e. The van der Waals surface area contributed by atoms with E-state index >= 15 is 0 Å². The Labute approximate surface area is 134 Å². The zero-order valence-corrected chi connectivity index (χ0v) is 14.6. The number of nitrogens with two attached hydrogens (primary N) is 1. The van der Waals surface area contributed by atoms with Gasteiger partial charge in [0.1, 0.15) is 5.54 Å². The lowest BCUT2D eigenvalue weighted by atomic mass is 9.80. The second kappa shape index (κ2) is 6.92. The third-order valence-corrected chi connectivity index (χ3v) is 5.53. The SMILES string of the molecule is CC(C)(S)C(C)(C)O[B]CCCC1CCCC1(N)C(=O)O. The van der Waals surface area contributed by atoms with Crippen molar-refractivity contribution in [1.29, 1.82) is 0 Å². The van der Waals surface area contributed by atoms with Crippen LogP contribution in [0.5, 0.6) is 0 Å². The van der Waals surface area contributed by atoms with E-state index < -0.39 is 11.5 Å². The average molecular weight is 314 g/mol. The van der Waals surface area contributed by atoms with Crippen molar-refractivity contribution in [3.63, 3.8) is 0 Å². The molecule has 2 unspecified atom stereocenters. The number of carboxylic acid groups (broad SMARTS) is 1. The molecule has 0 spiro atoms. The fraction of sp³-hybridized carbons (Fsp3) is 0.933. The topological polar surface area (TPSA) is 72.5 Å². The lowest BCUT2D eigenvalue weighted by molar-refractivity contribution is -0.144. The van der Waals surface area contributed by atoms with Gasteiger partial charge < -0.3 is 15.5 Å². The first-order valence-electron chi connectivity index (χ1n) is 7.75. The molecule has 2 atom stereocenters. The van der Waals surface area contributed by atoms with Crippen molar-refractivity contribution in [3.8, 4) is 0 Å². The predicted molar refractivity (Wildman–Crippen MR) is 89.9 cm³/mol. The Morgan fingerprint density at radius 3 is 2.62 bits per heavy atom. The fourth-order valence-electron chi connectivity index (χ4n) is 2.65. The Morgan fingerprint density at radius 2 is 2.10 bits per heavy atom. The maximum absolute atomic E-state index is 11.3. The number of carboxylic acids is 1. The van der Waals surface area contributed by atoms with E-state index in [1.807, 2.05) is 35.2 Å². The second-order valence-electron chi connectivity index (χ2n) is 7.22. The number of carbonyl (C=O) groups is 1. The van der Waals surface area contributed by atoms with Gasteiger partial charge in [-0.25, -0.2) is 0 Å². The second-order valence-corrected chi connectivity index (χ2v) is 8.34. The van der Waals surface area contributed by atoms with E-state index in [-0.39, 0.29) is 16.3 Å². The van der Waals surface area contributed by atoms with Gasteiger partial charge in [0.2, 0.25) is 0 Å². The molecule has 1 radical (unpaired) electrons. The van der Waals surface area contributed by atoms with E-state index in [1.165, 1.54) is 0 Å². The maximum atomic E-state index is 11.3. The molecule has 0 aromatic rings. The van der Waals surface area contributed by atoms with Gasteiger partial charge in [-0.05, 0) is 52.9 Å². The third kappa shape index (κ3) is 4.63. The molecule has 1 aliphatic rings. The minimum atomic E-state index is -1.02. The highest BCUT2D eigenvalue weighted by atomic mass is 32.1. The molecule has 4 nitrogen and oxygen atoms in total. The summed E-state index contributed by atoms with van der Waals surface area (Å²) in [7, 11) is 1.83. The molecule has 0 aliphatic heterocycles. The molecule has 1 saturated carbocycles. The van der Waals surface area contributed by atoms with Crippen LogP contribution in [0.15, 0.2) is 0 Å². The van der Waals surface area contributed by atoms with Gasteiger partial charge in [-0.15, -0.1) is 0 Å². The van der Waals surface area contributed by atoms with Crippen LogP contribution in [0, 0.1) is 5.92 Å². The van der Waals surface area contributed by atoms with Crippen molar-refractivity contribution in [3.05, 3.63) is 0 Å². The van der Waals surface area contributed by atoms with Crippen molar-refractivity contribution in [2.75, 3.05) is 0 Å².